The quantitative estimate of drug-likeness (QED) is 0.210. The lowest BCUT2D eigenvalue weighted by Crippen LogP contribution is -1.99. The highest BCUT2D eigenvalue weighted by molar-refractivity contribution is 6.05. The van der Waals surface area contributed by atoms with Crippen LogP contribution in [0.25, 0.3) is 44.1 Å². The van der Waals surface area contributed by atoms with Crippen molar-refractivity contribution in [2.75, 3.05) is 5.73 Å². The maximum absolute atomic E-state index is 14.9. The van der Waals surface area contributed by atoms with Gasteiger partial charge in [0.2, 0.25) is 0 Å². The van der Waals surface area contributed by atoms with E-state index in [1.807, 2.05) is 0 Å². The van der Waals surface area contributed by atoms with Gasteiger partial charge >= 0.3 is 0 Å². The number of fused-ring (bicyclic) bond motifs is 2. The van der Waals surface area contributed by atoms with Crippen LogP contribution in [0.2, 0.25) is 0 Å². The first kappa shape index (κ1) is 19.6. The molecule has 0 fully saturated rings. The van der Waals surface area contributed by atoms with Gasteiger partial charge in [-0.1, -0.05) is 6.07 Å². The van der Waals surface area contributed by atoms with Crippen molar-refractivity contribution in [3.05, 3.63) is 72.1 Å². The number of carbonyl (C=O) groups excluding carboxylic acids is 1. The van der Waals surface area contributed by atoms with E-state index in [-0.39, 0.29) is 17.8 Å². The molecule has 6 nitrogen and oxygen atoms in total. The Balaban J connectivity index is 1.84. The molecule has 0 bridgehead atoms. The van der Waals surface area contributed by atoms with Gasteiger partial charge in [-0.3, -0.25) is 5.10 Å². The molecule has 5 aromatic rings. The molecular weight excluding hydrogens is 412 g/mol. The second-order valence-corrected chi connectivity index (χ2v) is 7.42. The summed E-state index contributed by atoms with van der Waals surface area (Å²) >= 11 is 0. The summed E-state index contributed by atoms with van der Waals surface area (Å²) in [5.74, 6) is -0.975. The van der Waals surface area contributed by atoms with Crippen LogP contribution in [0.5, 0.6) is 0 Å². The number of benzene rings is 3. The minimum Gasteiger partial charge on any atom is -0.398 e. The number of nitrogens with two attached hydrogens (primary N) is 1. The number of hydrogen-bond acceptors (Lipinski definition) is 4. The Morgan fingerprint density at radius 3 is 2.66 bits per heavy atom. The molecule has 2 heterocycles. The molecule has 0 aliphatic rings. The van der Waals surface area contributed by atoms with Crippen molar-refractivity contribution in [1.82, 2.24) is 14.8 Å². The topological polar surface area (TPSA) is 101 Å². The maximum atomic E-state index is 14.9. The van der Waals surface area contributed by atoms with Crippen LogP contribution in [-0.4, -0.2) is 27.3 Å². The number of nitrogens with one attached hydrogen (secondary N) is 2. The third-order valence-electron chi connectivity index (χ3n) is 5.66. The van der Waals surface area contributed by atoms with E-state index in [4.69, 9.17) is 11.1 Å². The highest BCUT2D eigenvalue weighted by Crippen LogP contribution is 2.40. The van der Waals surface area contributed by atoms with Crippen LogP contribution < -0.4 is 5.73 Å². The number of nitrogen functional groups attached to an aromatic ring is 1. The number of aldehydes is 1. The van der Waals surface area contributed by atoms with Gasteiger partial charge in [-0.25, -0.2) is 8.78 Å². The van der Waals surface area contributed by atoms with E-state index >= 15 is 0 Å². The number of hydrogen-bond donors (Lipinski definition) is 3. The Hall–Kier alpha value is -4.33. The van der Waals surface area contributed by atoms with E-state index in [0.717, 1.165) is 17.9 Å². The number of halogens is 2. The number of nitrogens with zero attached hydrogens (tertiary/aromatic N) is 2. The van der Waals surface area contributed by atoms with E-state index in [0.29, 0.717) is 38.7 Å². The minimum atomic E-state index is -0.550. The van der Waals surface area contributed by atoms with Crippen molar-refractivity contribution in [2.45, 2.75) is 6.54 Å². The summed E-state index contributed by atoms with van der Waals surface area (Å²) in [6.45, 7) is 0.0616. The first-order valence-corrected chi connectivity index (χ1v) is 9.80. The van der Waals surface area contributed by atoms with Crippen LogP contribution in [0.1, 0.15) is 5.56 Å². The molecular formula is C24H17F2N5O. The van der Waals surface area contributed by atoms with Crippen LogP contribution in [0, 0.1) is 17.0 Å². The molecule has 0 spiro atoms. The molecule has 3 aromatic carbocycles. The second-order valence-electron chi connectivity index (χ2n) is 7.42. The molecule has 4 N–H and O–H groups in total. The first-order valence-electron chi connectivity index (χ1n) is 9.80. The van der Waals surface area contributed by atoms with Gasteiger partial charge in [-0.05, 0) is 42.0 Å². The standard InChI is InChI=1S/C24H17F2N5O/c25-18-5-2-15-11-29-30-24(15)21(18)13-3-6-20-16(9-13)17(12-31(20)7-8-32)22-19(26)4-1-14(10-27)23(22)28/h1-6,8-12,27H,7,28H2,(H,29,30). The van der Waals surface area contributed by atoms with Crippen molar-refractivity contribution in [3.8, 4) is 22.3 Å². The molecule has 0 radical (unpaired) electrons. The molecule has 0 amide bonds. The van der Waals surface area contributed by atoms with Crippen molar-refractivity contribution < 1.29 is 13.6 Å². The van der Waals surface area contributed by atoms with Crippen LogP contribution in [0.3, 0.4) is 0 Å². The van der Waals surface area contributed by atoms with Crippen LogP contribution in [-0.2, 0) is 11.3 Å². The van der Waals surface area contributed by atoms with Gasteiger partial charge in [0.1, 0.15) is 17.9 Å². The highest BCUT2D eigenvalue weighted by Gasteiger charge is 2.20. The van der Waals surface area contributed by atoms with E-state index < -0.39 is 11.6 Å². The SMILES string of the molecule is N=Cc1ccc(F)c(-c2cn(CC=O)c3ccc(-c4c(F)ccc5cn[nH]c45)cc23)c1N. The number of H-pyrrole nitrogens is 1. The summed E-state index contributed by atoms with van der Waals surface area (Å²) in [7, 11) is 0. The van der Waals surface area contributed by atoms with Crippen LogP contribution in [0.15, 0.2) is 54.9 Å². The van der Waals surface area contributed by atoms with Gasteiger partial charge in [-0.2, -0.15) is 5.10 Å². The van der Waals surface area contributed by atoms with Gasteiger partial charge in [-0.15, -0.1) is 0 Å². The van der Waals surface area contributed by atoms with Gasteiger partial charge < -0.3 is 20.5 Å². The number of carbonyl (C=O) groups is 1. The van der Waals surface area contributed by atoms with E-state index in [2.05, 4.69) is 10.2 Å². The minimum absolute atomic E-state index is 0.0616. The van der Waals surface area contributed by atoms with Crippen molar-refractivity contribution >= 4 is 40.0 Å². The zero-order valence-electron chi connectivity index (χ0n) is 16.7. The van der Waals surface area contributed by atoms with Crippen LogP contribution >= 0.6 is 0 Å². The van der Waals surface area contributed by atoms with Crippen molar-refractivity contribution in [1.29, 1.82) is 5.41 Å². The van der Waals surface area contributed by atoms with Crippen molar-refractivity contribution in [3.63, 3.8) is 0 Å². The average Bonchev–Trinajstić information content (AvgIpc) is 3.39. The fourth-order valence-electron chi connectivity index (χ4n) is 4.16. The van der Waals surface area contributed by atoms with E-state index in [1.165, 1.54) is 18.2 Å². The molecule has 0 saturated carbocycles. The van der Waals surface area contributed by atoms with E-state index in [1.54, 1.807) is 41.2 Å². The molecule has 0 saturated heterocycles. The van der Waals surface area contributed by atoms with Crippen molar-refractivity contribution in [2.24, 2.45) is 0 Å². The lowest BCUT2D eigenvalue weighted by Gasteiger charge is -2.10. The molecule has 8 heteroatoms. The summed E-state index contributed by atoms with van der Waals surface area (Å²) in [5.41, 5.74) is 9.42. The molecule has 0 aliphatic carbocycles. The predicted molar refractivity (Wildman–Crippen MR) is 121 cm³/mol. The number of rotatable bonds is 5. The molecule has 32 heavy (non-hydrogen) atoms. The first-order chi connectivity index (χ1) is 15.5. The summed E-state index contributed by atoms with van der Waals surface area (Å²) in [4.78, 5) is 11.2. The Morgan fingerprint density at radius 1 is 1.09 bits per heavy atom. The average molecular weight is 429 g/mol. The number of anilines is 1. The molecule has 0 unspecified atom stereocenters. The molecule has 0 atom stereocenters. The fourth-order valence-corrected chi connectivity index (χ4v) is 4.16. The lowest BCUT2D eigenvalue weighted by atomic mass is 9.96. The highest BCUT2D eigenvalue weighted by atomic mass is 19.1. The third-order valence-corrected chi connectivity index (χ3v) is 5.66. The third kappa shape index (κ3) is 2.88. The van der Waals surface area contributed by atoms with Gasteiger partial charge in [0.25, 0.3) is 0 Å². The maximum Gasteiger partial charge on any atom is 0.139 e. The van der Waals surface area contributed by atoms with Gasteiger partial charge in [0.05, 0.1) is 23.9 Å². The number of aromatic amines is 1. The molecule has 158 valence electrons. The summed E-state index contributed by atoms with van der Waals surface area (Å²) in [5, 5.41) is 15.8. The largest absolute Gasteiger partial charge is 0.398 e. The van der Waals surface area contributed by atoms with Gasteiger partial charge in [0.15, 0.2) is 0 Å². The molecule has 5 rings (SSSR count). The molecule has 2 aromatic heterocycles. The summed E-state index contributed by atoms with van der Waals surface area (Å²) < 4.78 is 31.5. The Labute approximate surface area is 180 Å². The second kappa shape index (κ2) is 7.42. The molecule has 0 aliphatic heterocycles. The Morgan fingerprint density at radius 2 is 1.88 bits per heavy atom. The smallest absolute Gasteiger partial charge is 0.139 e. The summed E-state index contributed by atoms with van der Waals surface area (Å²) in [6.07, 6.45) is 5.07. The zero-order valence-corrected chi connectivity index (χ0v) is 16.7. The zero-order chi connectivity index (χ0) is 22.4. The summed E-state index contributed by atoms with van der Waals surface area (Å²) in [6, 6.07) is 11.0. The van der Waals surface area contributed by atoms with E-state index in [9.17, 15) is 13.6 Å². The van der Waals surface area contributed by atoms with Gasteiger partial charge in [0, 0.05) is 51.0 Å². The Kier molecular flexibility index (Phi) is 4.55. The fraction of sp³-hybridized carbons (Fsp3) is 0.0417. The number of aromatic nitrogens is 3. The monoisotopic (exact) mass is 429 g/mol. The predicted octanol–water partition coefficient (Wildman–Crippen LogP) is 4.91. The normalized spacial score (nSPS) is 11.3. The van der Waals surface area contributed by atoms with Crippen LogP contribution in [0.4, 0.5) is 14.5 Å². The lowest BCUT2D eigenvalue weighted by molar-refractivity contribution is -0.108. The Bertz CT molecular complexity index is 1530.